The van der Waals surface area contributed by atoms with Gasteiger partial charge in [0.1, 0.15) is 6.10 Å². The Morgan fingerprint density at radius 1 is 1.30 bits per heavy atom. The zero-order valence-electron chi connectivity index (χ0n) is 16.9. The number of aliphatic hydroxyl groups excluding tert-OH is 2. The van der Waals surface area contributed by atoms with Crippen LogP contribution in [0.4, 0.5) is 11.4 Å². The lowest BCUT2D eigenvalue weighted by Crippen LogP contribution is -2.60. The highest BCUT2D eigenvalue weighted by atomic mass is 32.1. The lowest BCUT2D eigenvalue weighted by atomic mass is 9.77. The first-order valence-corrected chi connectivity index (χ1v) is 11.2. The van der Waals surface area contributed by atoms with E-state index >= 15 is 0 Å². The van der Waals surface area contributed by atoms with Crippen molar-refractivity contribution in [3.63, 3.8) is 0 Å². The van der Waals surface area contributed by atoms with Crippen LogP contribution in [0.25, 0.3) is 0 Å². The number of amides is 1. The van der Waals surface area contributed by atoms with Gasteiger partial charge in [-0.3, -0.25) is 4.79 Å². The highest BCUT2D eigenvalue weighted by Crippen LogP contribution is 2.37. The number of thiocarbonyl (C=S) groups is 1. The number of hydrogen-bond acceptors (Lipinski definition) is 6. The molecule has 7 nitrogen and oxygen atoms in total. The largest absolute Gasteiger partial charge is 0.390 e. The topological polar surface area (TPSA) is 88.1 Å². The molecule has 1 aliphatic heterocycles. The van der Waals surface area contributed by atoms with Crippen molar-refractivity contribution < 1.29 is 15.0 Å². The van der Waals surface area contributed by atoms with E-state index in [4.69, 9.17) is 12.2 Å². The molecule has 0 radical (unpaired) electrons. The Bertz CT molecular complexity index is 903. The molecule has 1 aromatic carbocycles. The van der Waals surface area contributed by atoms with Gasteiger partial charge in [-0.25, -0.2) is 0 Å². The molecule has 9 heteroatoms. The summed E-state index contributed by atoms with van der Waals surface area (Å²) >= 11 is 7.15. The highest BCUT2D eigenvalue weighted by molar-refractivity contribution is 7.80. The molecule has 160 valence electrons. The fraction of sp³-hybridized carbons (Fsp3) is 0.429. The molecule has 1 saturated carbocycles. The number of carbonyl (C=O) groups is 1. The molecular formula is C21H26N4O3S2. The van der Waals surface area contributed by atoms with Crippen molar-refractivity contribution in [2.45, 2.75) is 37.3 Å². The molecule has 1 aliphatic carbocycles. The molecule has 2 fully saturated rings. The molecule has 1 amide bonds. The molecule has 5 atom stereocenters. The summed E-state index contributed by atoms with van der Waals surface area (Å²) in [5, 5.41) is 29.5. The second kappa shape index (κ2) is 8.50. The molecule has 2 aromatic rings. The molecule has 4 N–H and O–H groups in total. The summed E-state index contributed by atoms with van der Waals surface area (Å²) in [7, 11) is 3.94. The van der Waals surface area contributed by atoms with Gasteiger partial charge in [-0.2, -0.15) is 0 Å². The maximum absolute atomic E-state index is 13.1. The smallest absolute Gasteiger partial charge is 0.225 e. The minimum atomic E-state index is -1.000. The summed E-state index contributed by atoms with van der Waals surface area (Å²) in [4.78, 5) is 18.1. The van der Waals surface area contributed by atoms with Crippen LogP contribution in [-0.4, -0.2) is 59.6 Å². The Labute approximate surface area is 185 Å². The number of nitrogens with zero attached hydrogens (tertiary/aromatic N) is 2. The summed E-state index contributed by atoms with van der Waals surface area (Å²) in [6, 6.07) is 10.9. The van der Waals surface area contributed by atoms with Crippen LogP contribution in [-0.2, 0) is 11.3 Å². The Hall–Kier alpha value is -2.20. The normalized spacial score (nSPS) is 28.1. The minimum Gasteiger partial charge on any atom is -0.390 e. The number of hydrogen-bond donors (Lipinski definition) is 4. The summed E-state index contributed by atoms with van der Waals surface area (Å²) in [6.45, 7) is 0.443. The maximum atomic E-state index is 13.1. The summed E-state index contributed by atoms with van der Waals surface area (Å²) in [5.74, 6) is -0.666. The van der Waals surface area contributed by atoms with Crippen LogP contribution in [0.15, 0.2) is 41.8 Å². The Morgan fingerprint density at radius 3 is 2.67 bits per heavy atom. The van der Waals surface area contributed by atoms with E-state index in [9.17, 15) is 15.0 Å². The van der Waals surface area contributed by atoms with Crippen LogP contribution >= 0.6 is 23.6 Å². The number of aliphatic hydroxyl groups is 2. The van der Waals surface area contributed by atoms with Crippen molar-refractivity contribution in [3.05, 3.63) is 46.7 Å². The van der Waals surface area contributed by atoms with Crippen LogP contribution in [0.1, 0.15) is 11.3 Å². The molecule has 0 bridgehead atoms. The van der Waals surface area contributed by atoms with Gasteiger partial charge in [0.25, 0.3) is 0 Å². The molecule has 4 rings (SSSR count). The number of anilines is 2. The first kappa shape index (κ1) is 21.0. The van der Waals surface area contributed by atoms with E-state index in [1.54, 1.807) is 11.3 Å². The number of benzene rings is 1. The van der Waals surface area contributed by atoms with Crippen LogP contribution in [0.5, 0.6) is 0 Å². The third-order valence-corrected chi connectivity index (χ3v) is 7.03. The molecule has 2 heterocycles. The quantitative estimate of drug-likeness (QED) is 0.515. The Balaban J connectivity index is 1.61. The van der Waals surface area contributed by atoms with E-state index in [1.807, 2.05) is 65.7 Å². The molecule has 0 spiro atoms. The second-order valence-electron chi connectivity index (χ2n) is 7.94. The molecular weight excluding hydrogens is 420 g/mol. The van der Waals surface area contributed by atoms with Crippen molar-refractivity contribution in [1.82, 2.24) is 10.6 Å². The number of carbonyl (C=O) groups excluding carboxylic acids is 1. The SMILES string of the molecule is CN(C)c1ccc(N2C(=S)N[C@H]3[C@@H](O)[C@H](O)C[C@@H](C(=O)NCc4cccs4)[C@H]32)cc1. The maximum Gasteiger partial charge on any atom is 0.225 e. The van der Waals surface area contributed by atoms with Gasteiger partial charge < -0.3 is 30.6 Å². The molecule has 30 heavy (non-hydrogen) atoms. The van der Waals surface area contributed by atoms with E-state index in [0.29, 0.717) is 11.7 Å². The van der Waals surface area contributed by atoms with E-state index in [0.717, 1.165) is 16.3 Å². The lowest BCUT2D eigenvalue weighted by molar-refractivity contribution is -0.131. The van der Waals surface area contributed by atoms with Gasteiger partial charge in [0, 0.05) is 30.3 Å². The Morgan fingerprint density at radius 2 is 2.03 bits per heavy atom. The van der Waals surface area contributed by atoms with Crippen molar-refractivity contribution >= 4 is 45.9 Å². The zero-order chi connectivity index (χ0) is 21.4. The number of rotatable bonds is 5. The monoisotopic (exact) mass is 446 g/mol. The fourth-order valence-electron chi connectivity index (χ4n) is 4.27. The van der Waals surface area contributed by atoms with Gasteiger partial charge in [-0.15, -0.1) is 11.3 Å². The average molecular weight is 447 g/mol. The van der Waals surface area contributed by atoms with Crippen molar-refractivity contribution in [1.29, 1.82) is 0 Å². The van der Waals surface area contributed by atoms with Crippen LogP contribution in [0.3, 0.4) is 0 Å². The van der Waals surface area contributed by atoms with Gasteiger partial charge in [0.05, 0.1) is 30.7 Å². The number of fused-ring (bicyclic) bond motifs is 1. The standard InChI is InChI=1S/C21H26N4O3S2/c1-24(2)12-5-7-13(8-6-12)25-18-15(20(28)22-11-14-4-3-9-30-14)10-16(26)19(27)17(18)23-21(25)29/h3-9,15-19,26-27H,10-11H2,1-2H3,(H,22,28)(H,23,29)/t15-,16-,17-,18-,19+/m1/s1. The van der Waals surface area contributed by atoms with Crippen molar-refractivity contribution in [2.24, 2.45) is 5.92 Å². The van der Waals surface area contributed by atoms with E-state index in [1.165, 1.54) is 0 Å². The minimum absolute atomic E-state index is 0.147. The first-order valence-electron chi connectivity index (χ1n) is 9.90. The number of nitrogens with one attached hydrogen (secondary N) is 2. The van der Waals surface area contributed by atoms with E-state index in [2.05, 4.69) is 10.6 Å². The van der Waals surface area contributed by atoms with Crippen molar-refractivity contribution in [3.8, 4) is 0 Å². The van der Waals surface area contributed by atoms with Gasteiger partial charge in [0.15, 0.2) is 5.11 Å². The predicted molar refractivity (Wildman–Crippen MR) is 123 cm³/mol. The van der Waals surface area contributed by atoms with Gasteiger partial charge in [0.2, 0.25) is 5.91 Å². The van der Waals surface area contributed by atoms with E-state index < -0.39 is 24.2 Å². The van der Waals surface area contributed by atoms with E-state index in [-0.39, 0.29) is 18.4 Å². The Kier molecular flexibility index (Phi) is 5.97. The third kappa shape index (κ3) is 3.90. The summed E-state index contributed by atoms with van der Waals surface area (Å²) < 4.78 is 0. The molecule has 1 saturated heterocycles. The average Bonchev–Trinajstić information content (AvgIpc) is 3.36. The van der Waals surface area contributed by atoms with Crippen LogP contribution in [0, 0.1) is 5.92 Å². The third-order valence-electron chi connectivity index (χ3n) is 5.84. The fourth-order valence-corrected chi connectivity index (χ4v) is 5.28. The predicted octanol–water partition coefficient (Wildman–Crippen LogP) is 1.30. The van der Waals surface area contributed by atoms with Crippen LogP contribution in [0.2, 0.25) is 0 Å². The molecule has 1 aromatic heterocycles. The van der Waals surface area contributed by atoms with Crippen LogP contribution < -0.4 is 20.4 Å². The van der Waals surface area contributed by atoms with Gasteiger partial charge >= 0.3 is 0 Å². The summed E-state index contributed by atoms with van der Waals surface area (Å²) in [6.07, 6.45) is -1.81. The van der Waals surface area contributed by atoms with Gasteiger partial charge in [-0.05, 0) is 54.4 Å². The second-order valence-corrected chi connectivity index (χ2v) is 9.36. The highest BCUT2D eigenvalue weighted by Gasteiger charge is 2.53. The van der Waals surface area contributed by atoms with Crippen molar-refractivity contribution in [2.75, 3.05) is 23.9 Å². The van der Waals surface area contributed by atoms with Gasteiger partial charge in [-0.1, -0.05) is 6.07 Å². The first-order chi connectivity index (χ1) is 14.4. The summed E-state index contributed by atoms with van der Waals surface area (Å²) in [5.41, 5.74) is 1.91. The molecule has 2 aliphatic rings. The lowest BCUT2D eigenvalue weighted by Gasteiger charge is -2.41. The zero-order valence-corrected chi connectivity index (χ0v) is 18.5. The molecule has 0 unspecified atom stereocenters. The number of thiophene rings is 1.